The molecule has 0 radical (unpaired) electrons. The molecule has 0 heterocycles. The number of nitrogens with one attached hydrogen (secondary N) is 1. The molecule has 0 atom stereocenters. The number of carbonyl (C=O) groups is 1. The van der Waals surface area contributed by atoms with Crippen LogP contribution in [0.15, 0.2) is 24.3 Å². The first-order valence-electron chi connectivity index (χ1n) is 6.00. The van der Waals surface area contributed by atoms with Crippen LogP contribution >= 0.6 is 0 Å². The molecule has 0 aromatic heterocycles. The van der Waals surface area contributed by atoms with E-state index in [2.05, 4.69) is 5.32 Å². The number of rotatable bonds is 5. The molecule has 0 aliphatic heterocycles. The molecule has 0 saturated carbocycles. The molecule has 0 saturated heterocycles. The van der Waals surface area contributed by atoms with E-state index in [-0.39, 0.29) is 24.7 Å². The molecule has 1 aromatic rings. The smallest absolute Gasteiger partial charge is 0.246 e. The minimum absolute atomic E-state index is 0.00885. The van der Waals surface area contributed by atoms with Crippen LogP contribution in [0, 0.1) is 0 Å². The topological polar surface area (TPSA) is 58.6 Å². The normalized spacial score (nSPS) is 11.3. The second-order valence-corrected chi connectivity index (χ2v) is 5.16. The van der Waals surface area contributed by atoms with Crippen molar-refractivity contribution < 1.29 is 14.6 Å². The highest BCUT2D eigenvalue weighted by atomic mass is 16.5. The van der Waals surface area contributed by atoms with Crippen LogP contribution in [-0.2, 0) is 22.7 Å². The predicted octanol–water partition coefficient (Wildman–Crippen LogP) is 1.61. The van der Waals surface area contributed by atoms with E-state index in [1.165, 1.54) is 0 Å². The average Bonchev–Trinajstić information content (AvgIpc) is 2.33. The van der Waals surface area contributed by atoms with Crippen molar-refractivity contribution in [2.45, 2.75) is 39.5 Å². The predicted molar refractivity (Wildman–Crippen MR) is 69.9 cm³/mol. The lowest BCUT2D eigenvalue weighted by atomic mass is 10.1. The van der Waals surface area contributed by atoms with Gasteiger partial charge in [-0.25, -0.2) is 0 Å². The van der Waals surface area contributed by atoms with Crippen molar-refractivity contribution >= 4 is 5.91 Å². The molecule has 1 rings (SSSR count). The zero-order chi connectivity index (χ0) is 13.6. The maximum atomic E-state index is 11.5. The lowest BCUT2D eigenvalue weighted by molar-refractivity contribution is -0.130. The van der Waals surface area contributed by atoms with E-state index in [4.69, 9.17) is 9.84 Å². The summed E-state index contributed by atoms with van der Waals surface area (Å²) in [6, 6.07) is 7.47. The first-order chi connectivity index (χ1) is 8.40. The van der Waals surface area contributed by atoms with Gasteiger partial charge in [0.2, 0.25) is 5.91 Å². The van der Waals surface area contributed by atoms with E-state index in [9.17, 15) is 4.79 Å². The molecule has 0 fully saturated rings. The van der Waals surface area contributed by atoms with Crippen molar-refractivity contribution in [1.29, 1.82) is 0 Å². The van der Waals surface area contributed by atoms with Crippen LogP contribution in [0.3, 0.4) is 0 Å². The van der Waals surface area contributed by atoms with Crippen LogP contribution in [0.1, 0.15) is 31.9 Å². The number of ether oxygens (including phenoxy) is 1. The third-order valence-corrected chi connectivity index (χ3v) is 2.30. The summed E-state index contributed by atoms with van der Waals surface area (Å²) in [5.74, 6) is -0.140. The SMILES string of the molecule is CC(C)(C)OCC(=O)NCc1cccc(CO)c1. The maximum Gasteiger partial charge on any atom is 0.246 e. The zero-order valence-corrected chi connectivity index (χ0v) is 11.2. The molecule has 18 heavy (non-hydrogen) atoms. The molecule has 1 aromatic carbocycles. The van der Waals surface area contributed by atoms with Crippen molar-refractivity contribution in [1.82, 2.24) is 5.32 Å². The number of benzene rings is 1. The Morgan fingerprint density at radius 3 is 2.61 bits per heavy atom. The summed E-state index contributed by atoms with van der Waals surface area (Å²) in [5, 5.41) is 11.8. The molecule has 0 aliphatic rings. The Kier molecular flexibility index (Phi) is 5.31. The van der Waals surface area contributed by atoms with Gasteiger partial charge >= 0.3 is 0 Å². The molecular weight excluding hydrogens is 230 g/mol. The van der Waals surface area contributed by atoms with E-state index >= 15 is 0 Å². The number of aliphatic hydroxyl groups excluding tert-OH is 1. The maximum absolute atomic E-state index is 11.5. The fourth-order valence-electron chi connectivity index (χ4n) is 1.37. The van der Waals surface area contributed by atoms with Crippen molar-refractivity contribution in [2.24, 2.45) is 0 Å². The van der Waals surface area contributed by atoms with E-state index in [0.29, 0.717) is 6.54 Å². The van der Waals surface area contributed by atoms with Gasteiger partial charge in [0.25, 0.3) is 0 Å². The number of carbonyl (C=O) groups excluding carboxylic acids is 1. The third kappa shape index (κ3) is 5.80. The van der Waals surface area contributed by atoms with E-state index < -0.39 is 0 Å². The number of hydrogen-bond donors (Lipinski definition) is 2. The summed E-state index contributed by atoms with van der Waals surface area (Å²) in [7, 11) is 0. The fraction of sp³-hybridized carbons (Fsp3) is 0.500. The molecule has 100 valence electrons. The molecular formula is C14H21NO3. The minimum Gasteiger partial charge on any atom is -0.392 e. The molecule has 0 aliphatic carbocycles. The van der Waals surface area contributed by atoms with Gasteiger partial charge in [-0.3, -0.25) is 4.79 Å². The van der Waals surface area contributed by atoms with Crippen LogP contribution in [-0.4, -0.2) is 23.2 Å². The summed E-state index contributed by atoms with van der Waals surface area (Å²) in [6.45, 7) is 6.24. The molecule has 1 amide bonds. The molecule has 4 heteroatoms. The van der Waals surface area contributed by atoms with Gasteiger partial charge in [-0.05, 0) is 31.9 Å². The Hall–Kier alpha value is -1.39. The lowest BCUT2D eigenvalue weighted by Crippen LogP contribution is -2.31. The van der Waals surface area contributed by atoms with Crippen molar-refractivity contribution in [2.75, 3.05) is 6.61 Å². The molecule has 2 N–H and O–H groups in total. The monoisotopic (exact) mass is 251 g/mol. The summed E-state index contributed by atoms with van der Waals surface area (Å²) in [4.78, 5) is 11.5. The Balaban J connectivity index is 2.38. The summed E-state index contributed by atoms with van der Waals surface area (Å²) in [6.07, 6.45) is 0. The Morgan fingerprint density at radius 1 is 1.33 bits per heavy atom. The highest BCUT2D eigenvalue weighted by Gasteiger charge is 2.12. The average molecular weight is 251 g/mol. The number of aliphatic hydroxyl groups is 1. The Morgan fingerprint density at radius 2 is 2.00 bits per heavy atom. The van der Waals surface area contributed by atoms with Gasteiger partial charge in [0.05, 0.1) is 12.2 Å². The van der Waals surface area contributed by atoms with Gasteiger partial charge in [-0.2, -0.15) is 0 Å². The second kappa shape index (κ2) is 6.52. The summed E-state index contributed by atoms with van der Waals surface area (Å²) >= 11 is 0. The van der Waals surface area contributed by atoms with Crippen molar-refractivity contribution in [3.8, 4) is 0 Å². The zero-order valence-electron chi connectivity index (χ0n) is 11.2. The Bertz CT molecular complexity index is 396. The molecule has 0 bridgehead atoms. The highest BCUT2D eigenvalue weighted by molar-refractivity contribution is 5.77. The standard InChI is InChI=1S/C14H21NO3/c1-14(2,3)18-10-13(17)15-8-11-5-4-6-12(7-11)9-16/h4-7,16H,8-10H2,1-3H3,(H,15,17). The van der Waals surface area contributed by atoms with Crippen LogP contribution in [0.4, 0.5) is 0 Å². The fourth-order valence-corrected chi connectivity index (χ4v) is 1.37. The third-order valence-electron chi connectivity index (χ3n) is 2.30. The van der Waals surface area contributed by atoms with E-state index in [1.807, 2.05) is 45.0 Å². The van der Waals surface area contributed by atoms with Gasteiger partial charge in [-0.1, -0.05) is 24.3 Å². The molecule has 0 unspecified atom stereocenters. The quantitative estimate of drug-likeness (QED) is 0.836. The van der Waals surface area contributed by atoms with Crippen molar-refractivity contribution in [3.63, 3.8) is 0 Å². The van der Waals surface area contributed by atoms with Crippen LogP contribution < -0.4 is 5.32 Å². The van der Waals surface area contributed by atoms with E-state index in [1.54, 1.807) is 0 Å². The van der Waals surface area contributed by atoms with Gasteiger partial charge < -0.3 is 15.2 Å². The van der Waals surface area contributed by atoms with Crippen LogP contribution in [0.25, 0.3) is 0 Å². The van der Waals surface area contributed by atoms with Gasteiger partial charge in [-0.15, -0.1) is 0 Å². The Labute approximate surface area is 108 Å². The van der Waals surface area contributed by atoms with Gasteiger partial charge in [0.1, 0.15) is 6.61 Å². The second-order valence-electron chi connectivity index (χ2n) is 5.16. The summed E-state index contributed by atoms with van der Waals surface area (Å²) in [5.41, 5.74) is 1.49. The molecule has 4 nitrogen and oxygen atoms in total. The first kappa shape index (κ1) is 14.7. The number of amides is 1. The van der Waals surface area contributed by atoms with Crippen molar-refractivity contribution in [3.05, 3.63) is 35.4 Å². The summed E-state index contributed by atoms with van der Waals surface area (Å²) < 4.78 is 5.37. The largest absolute Gasteiger partial charge is 0.392 e. The lowest BCUT2D eigenvalue weighted by Gasteiger charge is -2.19. The van der Waals surface area contributed by atoms with Crippen LogP contribution in [0.5, 0.6) is 0 Å². The van der Waals surface area contributed by atoms with Crippen LogP contribution in [0.2, 0.25) is 0 Å². The van der Waals surface area contributed by atoms with E-state index in [0.717, 1.165) is 11.1 Å². The molecule has 0 spiro atoms. The minimum atomic E-state index is -0.311. The highest BCUT2D eigenvalue weighted by Crippen LogP contribution is 2.06. The van der Waals surface area contributed by atoms with Gasteiger partial charge in [0.15, 0.2) is 0 Å². The van der Waals surface area contributed by atoms with Gasteiger partial charge in [0, 0.05) is 6.54 Å². The first-order valence-corrected chi connectivity index (χ1v) is 6.00. The number of hydrogen-bond acceptors (Lipinski definition) is 3.